The van der Waals surface area contributed by atoms with E-state index in [1.807, 2.05) is 0 Å². The Hall–Kier alpha value is -1.88. The Labute approximate surface area is 99.5 Å². The number of hydrogen-bond donors (Lipinski definition) is 1. The smallest absolute Gasteiger partial charge is 0.175 e. The van der Waals surface area contributed by atoms with Crippen molar-refractivity contribution >= 4 is 9.84 Å². The third-order valence-corrected chi connectivity index (χ3v) is 3.47. The fourth-order valence-electron chi connectivity index (χ4n) is 1.48. The van der Waals surface area contributed by atoms with Crippen molar-refractivity contribution in [3.8, 4) is 16.9 Å². The molecule has 2 aromatic rings. The van der Waals surface area contributed by atoms with E-state index in [9.17, 15) is 13.5 Å². The molecule has 0 aliphatic heterocycles. The van der Waals surface area contributed by atoms with E-state index >= 15 is 0 Å². The maximum absolute atomic E-state index is 11.3. The van der Waals surface area contributed by atoms with Crippen molar-refractivity contribution < 1.29 is 13.5 Å². The summed E-state index contributed by atoms with van der Waals surface area (Å²) in [6.45, 7) is 0. The van der Waals surface area contributed by atoms with Crippen molar-refractivity contribution in [2.24, 2.45) is 0 Å². The molecule has 1 aromatic heterocycles. The number of hydrogen-bond acceptors (Lipinski definition) is 4. The van der Waals surface area contributed by atoms with Gasteiger partial charge in [0.2, 0.25) is 0 Å². The average molecular weight is 249 g/mol. The zero-order valence-electron chi connectivity index (χ0n) is 9.16. The molecular weight excluding hydrogens is 238 g/mol. The Morgan fingerprint density at radius 1 is 1.06 bits per heavy atom. The predicted molar refractivity (Wildman–Crippen MR) is 64.4 cm³/mol. The van der Waals surface area contributed by atoms with Gasteiger partial charge in [-0.25, -0.2) is 8.42 Å². The van der Waals surface area contributed by atoms with Gasteiger partial charge in [0.25, 0.3) is 0 Å². The molecule has 0 saturated heterocycles. The quantitative estimate of drug-likeness (QED) is 0.882. The van der Waals surface area contributed by atoms with Gasteiger partial charge in [-0.2, -0.15) is 0 Å². The molecule has 0 fully saturated rings. The van der Waals surface area contributed by atoms with Gasteiger partial charge in [-0.1, -0.05) is 12.1 Å². The van der Waals surface area contributed by atoms with E-state index in [4.69, 9.17) is 0 Å². The van der Waals surface area contributed by atoms with Crippen molar-refractivity contribution in [1.82, 2.24) is 4.98 Å². The first-order valence-electron chi connectivity index (χ1n) is 4.91. The molecule has 5 heteroatoms. The van der Waals surface area contributed by atoms with Crippen LogP contribution in [0.3, 0.4) is 0 Å². The molecule has 1 N–H and O–H groups in total. The van der Waals surface area contributed by atoms with E-state index < -0.39 is 9.84 Å². The van der Waals surface area contributed by atoms with Crippen LogP contribution >= 0.6 is 0 Å². The number of rotatable bonds is 2. The molecule has 88 valence electrons. The van der Waals surface area contributed by atoms with Crippen LogP contribution in [0.1, 0.15) is 0 Å². The van der Waals surface area contributed by atoms with Gasteiger partial charge in [0.1, 0.15) is 5.75 Å². The second-order valence-corrected chi connectivity index (χ2v) is 5.74. The van der Waals surface area contributed by atoms with Crippen LogP contribution < -0.4 is 0 Å². The maximum Gasteiger partial charge on any atom is 0.175 e. The highest BCUT2D eigenvalue weighted by Crippen LogP contribution is 2.23. The first-order chi connectivity index (χ1) is 7.97. The summed E-state index contributed by atoms with van der Waals surface area (Å²) < 4.78 is 22.6. The van der Waals surface area contributed by atoms with Gasteiger partial charge in [-0.15, -0.1) is 0 Å². The third-order valence-electron chi connectivity index (χ3n) is 2.34. The van der Waals surface area contributed by atoms with Crippen molar-refractivity contribution in [2.75, 3.05) is 6.26 Å². The van der Waals surface area contributed by atoms with Gasteiger partial charge in [0.05, 0.1) is 11.1 Å². The summed E-state index contributed by atoms with van der Waals surface area (Å²) in [5.74, 6) is 0.0784. The largest absolute Gasteiger partial charge is 0.506 e. The average Bonchev–Trinajstić information content (AvgIpc) is 2.28. The summed E-state index contributed by atoms with van der Waals surface area (Å²) in [7, 11) is -3.17. The predicted octanol–water partition coefficient (Wildman–Crippen LogP) is 1.86. The summed E-state index contributed by atoms with van der Waals surface area (Å²) in [6, 6.07) is 8.02. The molecule has 0 amide bonds. The fourth-order valence-corrected chi connectivity index (χ4v) is 2.11. The normalized spacial score (nSPS) is 11.4. The molecule has 1 aromatic carbocycles. The van der Waals surface area contributed by atoms with E-state index in [-0.39, 0.29) is 10.6 Å². The van der Waals surface area contributed by atoms with Crippen LogP contribution in [0.5, 0.6) is 5.75 Å². The molecule has 1 heterocycles. The van der Waals surface area contributed by atoms with Crippen molar-refractivity contribution in [2.45, 2.75) is 4.90 Å². The lowest BCUT2D eigenvalue weighted by atomic mass is 10.1. The molecule has 0 radical (unpaired) electrons. The van der Waals surface area contributed by atoms with Crippen molar-refractivity contribution in [1.29, 1.82) is 0 Å². The standard InChI is InChI=1S/C12H11NO3S/c1-17(15,16)12-4-2-9(3-5-12)10-6-11(14)8-13-7-10/h2-8,14H,1H3. The molecule has 2 rings (SSSR count). The van der Waals surface area contributed by atoms with Gasteiger partial charge in [-0.3, -0.25) is 4.98 Å². The van der Waals surface area contributed by atoms with Gasteiger partial charge >= 0.3 is 0 Å². The Kier molecular flexibility index (Phi) is 2.85. The number of benzene rings is 1. The van der Waals surface area contributed by atoms with Crippen LogP contribution in [0.15, 0.2) is 47.6 Å². The van der Waals surface area contributed by atoms with E-state index in [2.05, 4.69) is 4.98 Å². The molecule has 4 nitrogen and oxygen atoms in total. The van der Waals surface area contributed by atoms with E-state index in [0.717, 1.165) is 17.4 Å². The monoisotopic (exact) mass is 249 g/mol. The Morgan fingerprint density at radius 2 is 1.71 bits per heavy atom. The summed E-state index contributed by atoms with van der Waals surface area (Å²) in [6.07, 6.45) is 4.11. The van der Waals surface area contributed by atoms with Crippen LogP contribution in [0.4, 0.5) is 0 Å². The molecule has 17 heavy (non-hydrogen) atoms. The first-order valence-corrected chi connectivity index (χ1v) is 6.80. The molecule has 0 aliphatic rings. The Bertz CT molecular complexity index is 633. The number of pyridine rings is 1. The minimum absolute atomic E-state index is 0.0784. The number of aromatic hydroxyl groups is 1. The highest BCUT2D eigenvalue weighted by atomic mass is 32.2. The molecule has 0 bridgehead atoms. The number of nitrogens with zero attached hydrogens (tertiary/aromatic N) is 1. The minimum Gasteiger partial charge on any atom is -0.506 e. The second kappa shape index (κ2) is 4.18. The van der Waals surface area contributed by atoms with Crippen LogP contribution in [0, 0.1) is 0 Å². The summed E-state index contributed by atoms with van der Waals surface area (Å²) >= 11 is 0. The SMILES string of the molecule is CS(=O)(=O)c1ccc(-c2cncc(O)c2)cc1. The van der Waals surface area contributed by atoms with Crippen LogP contribution in [-0.2, 0) is 9.84 Å². The van der Waals surface area contributed by atoms with Gasteiger partial charge in [0, 0.05) is 18.0 Å². The molecule has 0 saturated carbocycles. The highest BCUT2D eigenvalue weighted by molar-refractivity contribution is 7.90. The van der Waals surface area contributed by atoms with Gasteiger partial charge < -0.3 is 5.11 Å². The zero-order chi connectivity index (χ0) is 12.5. The van der Waals surface area contributed by atoms with E-state index in [1.54, 1.807) is 24.4 Å². The number of sulfone groups is 1. The second-order valence-electron chi connectivity index (χ2n) is 3.73. The lowest BCUT2D eigenvalue weighted by Crippen LogP contribution is -1.96. The molecule has 0 unspecified atom stereocenters. The molecule has 0 aliphatic carbocycles. The lowest BCUT2D eigenvalue weighted by molar-refractivity contribution is 0.473. The fraction of sp³-hybridized carbons (Fsp3) is 0.0833. The highest BCUT2D eigenvalue weighted by Gasteiger charge is 2.07. The van der Waals surface area contributed by atoms with Crippen molar-refractivity contribution in [3.63, 3.8) is 0 Å². The third kappa shape index (κ3) is 2.62. The van der Waals surface area contributed by atoms with Gasteiger partial charge in [0.15, 0.2) is 9.84 Å². The maximum atomic E-state index is 11.3. The topological polar surface area (TPSA) is 67.3 Å². The minimum atomic E-state index is -3.17. The molecule has 0 spiro atoms. The van der Waals surface area contributed by atoms with Crippen LogP contribution in [-0.4, -0.2) is 24.8 Å². The lowest BCUT2D eigenvalue weighted by Gasteiger charge is -2.03. The van der Waals surface area contributed by atoms with E-state index in [1.165, 1.54) is 18.3 Å². The summed E-state index contributed by atoms with van der Waals surface area (Å²) in [5.41, 5.74) is 1.55. The molecular formula is C12H11NO3S. The number of aromatic nitrogens is 1. The zero-order valence-corrected chi connectivity index (χ0v) is 9.98. The summed E-state index contributed by atoms with van der Waals surface area (Å²) in [5, 5.41) is 9.30. The van der Waals surface area contributed by atoms with Crippen LogP contribution in [0.25, 0.3) is 11.1 Å². The first kappa shape index (κ1) is 11.6. The summed E-state index contributed by atoms with van der Waals surface area (Å²) in [4.78, 5) is 4.14. The van der Waals surface area contributed by atoms with Crippen LogP contribution in [0.2, 0.25) is 0 Å². The van der Waals surface area contributed by atoms with Crippen molar-refractivity contribution in [3.05, 3.63) is 42.7 Å². The molecule has 0 atom stereocenters. The van der Waals surface area contributed by atoms with Gasteiger partial charge in [-0.05, 0) is 23.8 Å². The Morgan fingerprint density at radius 3 is 2.24 bits per heavy atom. The van der Waals surface area contributed by atoms with E-state index in [0.29, 0.717) is 0 Å². The Balaban J connectivity index is 2.43.